The molecule has 1 atom stereocenters. The van der Waals surface area contributed by atoms with Crippen LogP contribution in [-0.2, 0) is 4.79 Å². The molecule has 0 spiro atoms. The van der Waals surface area contributed by atoms with E-state index >= 15 is 0 Å². The van der Waals surface area contributed by atoms with Gasteiger partial charge < -0.3 is 26.8 Å². The largest absolute Gasteiger partial charge is 0.494 e. The molecule has 1 aromatic rings. The summed E-state index contributed by atoms with van der Waals surface area (Å²) in [6.07, 6.45) is 2.56. The number of anilines is 2. The minimum atomic E-state index is -0.691. The van der Waals surface area contributed by atoms with Crippen LogP contribution in [0, 0.1) is 0 Å². The second-order valence-corrected chi connectivity index (χ2v) is 5.27. The molecule has 0 aliphatic rings. The minimum absolute atomic E-state index is 0. The molecule has 0 unspecified atom stereocenters. The lowest BCUT2D eigenvalue weighted by atomic mass is 10.2. The molecule has 1 aromatic carbocycles. The Balaban J connectivity index is 0.00000441. The predicted molar refractivity (Wildman–Crippen MR) is 93.1 cm³/mol. The van der Waals surface area contributed by atoms with Crippen molar-refractivity contribution >= 4 is 47.5 Å². The van der Waals surface area contributed by atoms with Gasteiger partial charge in [-0.3, -0.25) is 4.79 Å². The van der Waals surface area contributed by atoms with Crippen molar-refractivity contribution in [3.8, 4) is 5.75 Å². The number of halogens is 1. The third-order valence-corrected chi connectivity index (χ3v) is 3.34. The first kappa shape index (κ1) is 20.4. The van der Waals surface area contributed by atoms with Crippen molar-refractivity contribution in [2.75, 3.05) is 29.8 Å². The molecule has 0 bridgehead atoms. The Morgan fingerprint density at radius 1 is 1.36 bits per heavy atom. The zero-order valence-corrected chi connectivity index (χ0v) is 14.1. The van der Waals surface area contributed by atoms with Crippen LogP contribution >= 0.6 is 24.2 Å². The fraction of sp³-hybridized carbons (Fsp3) is 0.385. The maximum absolute atomic E-state index is 11.9. The van der Waals surface area contributed by atoms with Gasteiger partial charge in [-0.15, -0.1) is 12.4 Å². The molecule has 0 saturated carbocycles. The Labute approximate surface area is 139 Å². The fourth-order valence-electron chi connectivity index (χ4n) is 1.62. The first-order valence-corrected chi connectivity index (χ1v) is 7.67. The Hall–Kier alpha value is -1.64. The summed E-state index contributed by atoms with van der Waals surface area (Å²) >= 11 is 1.64. The molecule has 0 radical (unpaired) electrons. The highest BCUT2D eigenvalue weighted by Crippen LogP contribution is 2.27. The van der Waals surface area contributed by atoms with E-state index in [4.69, 9.17) is 16.2 Å². The fourth-order valence-corrected chi connectivity index (χ4v) is 2.11. The van der Waals surface area contributed by atoms with Gasteiger partial charge in [-0.2, -0.15) is 11.8 Å². The summed E-state index contributed by atoms with van der Waals surface area (Å²) in [6, 6.07) is 3.56. The van der Waals surface area contributed by atoms with Gasteiger partial charge in [0.1, 0.15) is 5.75 Å². The highest BCUT2D eigenvalue weighted by atomic mass is 35.5. The standard InChI is InChI=1S/C13H20N4O3S.ClH/c1-20-11-7-8(3-4-10(11)17-13(15)19)16-12(18)9(14)5-6-21-2;/h3-4,7,9H,5-6,14H2,1-2H3,(H,16,18)(H3,15,17,19);1H/t9-;/m0./s1. The summed E-state index contributed by atoms with van der Waals surface area (Å²) in [5.74, 6) is 0.949. The lowest BCUT2D eigenvalue weighted by molar-refractivity contribution is -0.117. The van der Waals surface area contributed by atoms with E-state index in [0.29, 0.717) is 23.5 Å². The SMILES string of the molecule is COc1cc(NC(=O)[C@@H](N)CCSC)ccc1NC(N)=O.Cl. The molecule has 0 aliphatic carbocycles. The van der Waals surface area contributed by atoms with Crippen LogP contribution in [0.25, 0.3) is 0 Å². The second-order valence-electron chi connectivity index (χ2n) is 4.28. The normalized spacial score (nSPS) is 11.0. The number of urea groups is 1. The molecule has 124 valence electrons. The predicted octanol–water partition coefficient (Wildman–Crippen LogP) is 1.63. The van der Waals surface area contributed by atoms with Crippen LogP contribution in [0.5, 0.6) is 5.75 Å². The van der Waals surface area contributed by atoms with Gasteiger partial charge in [0.2, 0.25) is 5.91 Å². The average molecular weight is 349 g/mol. The van der Waals surface area contributed by atoms with E-state index in [9.17, 15) is 9.59 Å². The lowest BCUT2D eigenvalue weighted by Crippen LogP contribution is -2.36. The molecule has 22 heavy (non-hydrogen) atoms. The number of amides is 3. The van der Waals surface area contributed by atoms with Gasteiger partial charge in [0.25, 0.3) is 0 Å². The number of hydrogen-bond acceptors (Lipinski definition) is 5. The number of rotatable bonds is 7. The summed E-state index contributed by atoms with van der Waals surface area (Å²) in [6.45, 7) is 0. The summed E-state index contributed by atoms with van der Waals surface area (Å²) in [4.78, 5) is 22.8. The van der Waals surface area contributed by atoms with Crippen LogP contribution < -0.4 is 26.8 Å². The topological polar surface area (TPSA) is 119 Å². The van der Waals surface area contributed by atoms with Crippen LogP contribution in [0.2, 0.25) is 0 Å². The zero-order chi connectivity index (χ0) is 15.8. The monoisotopic (exact) mass is 348 g/mol. The third-order valence-electron chi connectivity index (χ3n) is 2.70. The van der Waals surface area contributed by atoms with Crippen LogP contribution in [-0.4, -0.2) is 37.1 Å². The van der Waals surface area contributed by atoms with E-state index in [1.54, 1.807) is 30.0 Å². The molecule has 9 heteroatoms. The zero-order valence-electron chi connectivity index (χ0n) is 12.4. The van der Waals surface area contributed by atoms with E-state index in [2.05, 4.69) is 10.6 Å². The molecule has 1 rings (SSSR count). The molecule has 6 N–H and O–H groups in total. The highest BCUT2D eigenvalue weighted by molar-refractivity contribution is 7.98. The van der Waals surface area contributed by atoms with Crippen molar-refractivity contribution in [3.05, 3.63) is 18.2 Å². The van der Waals surface area contributed by atoms with Crippen LogP contribution in [0.1, 0.15) is 6.42 Å². The summed E-state index contributed by atoms with van der Waals surface area (Å²) in [7, 11) is 1.46. The number of hydrogen-bond donors (Lipinski definition) is 4. The van der Waals surface area contributed by atoms with Crippen molar-refractivity contribution in [1.82, 2.24) is 0 Å². The van der Waals surface area contributed by atoms with Crippen molar-refractivity contribution in [2.45, 2.75) is 12.5 Å². The van der Waals surface area contributed by atoms with Gasteiger partial charge in [0, 0.05) is 11.8 Å². The summed E-state index contributed by atoms with van der Waals surface area (Å²) < 4.78 is 5.14. The average Bonchev–Trinajstić information content (AvgIpc) is 2.45. The van der Waals surface area contributed by atoms with E-state index < -0.39 is 12.1 Å². The molecule has 7 nitrogen and oxygen atoms in total. The van der Waals surface area contributed by atoms with Crippen molar-refractivity contribution in [3.63, 3.8) is 0 Å². The van der Waals surface area contributed by atoms with Gasteiger partial charge in [-0.05, 0) is 30.6 Å². The number of nitrogens with two attached hydrogens (primary N) is 2. The number of benzene rings is 1. The van der Waals surface area contributed by atoms with Gasteiger partial charge >= 0.3 is 6.03 Å². The number of primary amides is 1. The summed E-state index contributed by atoms with van der Waals surface area (Å²) in [5, 5.41) is 5.14. The van der Waals surface area contributed by atoms with Crippen molar-refractivity contribution < 1.29 is 14.3 Å². The van der Waals surface area contributed by atoms with Gasteiger partial charge in [0.15, 0.2) is 0 Å². The quantitative estimate of drug-likeness (QED) is 0.597. The Bertz CT molecular complexity index is 516. The minimum Gasteiger partial charge on any atom is -0.494 e. The molecule has 0 aromatic heterocycles. The molecule has 3 amide bonds. The number of methoxy groups -OCH3 is 1. The van der Waals surface area contributed by atoms with Crippen LogP contribution in [0.3, 0.4) is 0 Å². The first-order valence-electron chi connectivity index (χ1n) is 6.27. The maximum atomic E-state index is 11.9. The molecular formula is C13H21ClN4O3S. The van der Waals surface area contributed by atoms with Gasteiger partial charge in [-0.1, -0.05) is 0 Å². The number of nitrogens with one attached hydrogen (secondary N) is 2. The van der Waals surface area contributed by atoms with E-state index in [1.165, 1.54) is 7.11 Å². The molecule has 0 saturated heterocycles. The smallest absolute Gasteiger partial charge is 0.316 e. The van der Waals surface area contributed by atoms with E-state index in [0.717, 1.165) is 5.75 Å². The molecule has 0 fully saturated rings. The molecule has 0 aliphatic heterocycles. The lowest BCUT2D eigenvalue weighted by Gasteiger charge is -2.14. The number of carbonyl (C=O) groups excluding carboxylic acids is 2. The number of thioether (sulfide) groups is 1. The molecule has 0 heterocycles. The maximum Gasteiger partial charge on any atom is 0.316 e. The first-order chi connectivity index (χ1) is 9.97. The Kier molecular flexibility index (Phi) is 9.39. The second kappa shape index (κ2) is 10.1. The van der Waals surface area contributed by atoms with Crippen molar-refractivity contribution in [1.29, 1.82) is 0 Å². The van der Waals surface area contributed by atoms with Gasteiger partial charge in [-0.25, -0.2) is 4.79 Å². The third kappa shape index (κ3) is 6.42. The summed E-state index contributed by atoms with van der Waals surface area (Å²) in [5.41, 5.74) is 11.8. The van der Waals surface area contributed by atoms with E-state index in [1.807, 2.05) is 6.26 Å². The Morgan fingerprint density at radius 3 is 2.59 bits per heavy atom. The van der Waals surface area contributed by atoms with Crippen LogP contribution in [0.15, 0.2) is 18.2 Å². The van der Waals surface area contributed by atoms with E-state index in [-0.39, 0.29) is 18.3 Å². The molecular weight excluding hydrogens is 328 g/mol. The van der Waals surface area contributed by atoms with Crippen molar-refractivity contribution in [2.24, 2.45) is 11.5 Å². The highest BCUT2D eigenvalue weighted by Gasteiger charge is 2.14. The number of carbonyl (C=O) groups is 2. The Morgan fingerprint density at radius 2 is 2.05 bits per heavy atom. The van der Waals surface area contributed by atoms with Gasteiger partial charge in [0.05, 0.1) is 18.8 Å². The van der Waals surface area contributed by atoms with Crippen LogP contribution in [0.4, 0.5) is 16.2 Å². The number of ether oxygens (including phenoxy) is 1.